The van der Waals surface area contributed by atoms with Gasteiger partial charge in [-0.3, -0.25) is 9.59 Å². The average Bonchev–Trinajstić information content (AvgIpc) is 2.53. The van der Waals surface area contributed by atoms with Gasteiger partial charge in [0, 0.05) is 5.69 Å². The van der Waals surface area contributed by atoms with E-state index in [0.29, 0.717) is 17.1 Å². The third-order valence-corrected chi connectivity index (χ3v) is 3.52. The number of carbonyl (C=O) groups is 2. The fourth-order valence-corrected chi connectivity index (χ4v) is 2.41. The summed E-state index contributed by atoms with van der Waals surface area (Å²) in [6, 6.07) is 9.31. The molecule has 25 heavy (non-hydrogen) atoms. The van der Waals surface area contributed by atoms with Crippen molar-refractivity contribution >= 4 is 23.2 Å². The normalized spacial score (nSPS) is 13.5. The number of hydrogen-bond donors (Lipinski definition) is 2. The van der Waals surface area contributed by atoms with E-state index in [-0.39, 0.29) is 24.5 Å². The Hall–Kier alpha value is -3.03. The molecule has 2 aromatic rings. The molecule has 3 rings (SSSR count). The summed E-state index contributed by atoms with van der Waals surface area (Å²) in [5.41, 5.74) is 0.281. The summed E-state index contributed by atoms with van der Waals surface area (Å²) in [6.45, 7) is -0.0751. The van der Waals surface area contributed by atoms with Crippen molar-refractivity contribution in [3.8, 4) is 5.75 Å². The van der Waals surface area contributed by atoms with E-state index in [0.717, 1.165) is 12.1 Å². The third kappa shape index (κ3) is 4.09. The zero-order valence-electron chi connectivity index (χ0n) is 12.8. The summed E-state index contributed by atoms with van der Waals surface area (Å²) in [6.07, 6.45) is -4.66. The number of amides is 2. The summed E-state index contributed by atoms with van der Waals surface area (Å²) < 4.78 is 43.3. The topological polar surface area (TPSA) is 67.4 Å². The van der Waals surface area contributed by atoms with Crippen LogP contribution in [0.25, 0.3) is 0 Å². The van der Waals surface area contributed by atoms with Crippen molar-refractivity contribution in [1.82, 2.24) is 0 Å². The molecule has 130 valence electrons. The standard InChI is InChI=1S/C17H13F3N2O3/c18-17(19,20)11-3-1-2-10(6-11)7-15(23)21-12-4-5-14-13(8-12)22-16(24)9-25-14/h1-6,8H,7,9H2,(H,21,23)(H,22,24). The monoisotopic (exact) mass is 350 g/mol. The van der Waals surface area contributed by atoms with Crippen molar-refractivity contribution < 1.29 is 27.5 Å². The fraction of sp³-hybridized carbons (Fsp3) is 0.176. The molecule has 0 fully saturated rings. The summed E-state index contributed by atoms with van der Waals surface area (Å²) in [5.74, 6) is -0.294. The van der Waals surface area contributed by atoms with Crippen LogP contribution >= 0.6 is 0 Å². The summed E-state index contributed by atoms with van der Waals surface area (Å²) in [5, 5.41) is 5.19. The van der Waals surface area contributed by atoms with E-state index in [1.54, 1.807) is 12.1 Å². The third-order valence-electron chi connectivity index (χ3n) is 3.52. The lowest BCUT2D eigenvalue weighted by Gasteiger charge is -2.18. The van der Waals surface area contributed by atoms with Crippen molar-refractivity contribution in [2.24, 2.45) is 0 Å². The van der Waals surface area contributed by atoms with Crippen LogP contribution in [0.5, 0.6) is 5.75 Å². The minimum absolute atomic E-state index is 0.0751. The number of rotatable bonds is 3. The number of anilines is 2. The molecule has 0 saturated heterocycles. The Morgan fingerprint density at radius 3 is 2.76 bits per heavy atom. The Kier molecular flexibility index (Phi) is 4.35. The Bertz CT molecular complexity index is 834. The fourth-order valence-electron chi connectivity index (χ4n) is 2.41. The first kappa shape index (κ1) is 16.8. The molecule has 0 aromatic heterocycles. The van der Waals surface area contributed by atoms with E-state index >= 15 is 0 Å². The highest BCUT2D eigenvalue weighted by Gasteiger charge is 2.30. The zero-order valence-corrected chi connectivity index (χ0v) is 12.8. The summed E-state index contributed by atoms with van der Waals surface area (Å²) >= 11 is 0. The van der Waals surface area contributed by atoms with Crippen LogP contribution in [0.3, 0.4) is 0 Å². The summed E-state index contributed by atoms with van der Waals surface area (Å²) in [4.78, 5) is 23.4. The maximum absolute atomic E-state index is 12.7. The van der Waals surface area contributed by atoms with E-state index in [1.807, 2.05) is 0 Å². The molecule has 2 aromatic carbocycles. The van der Waals surface area contributed by atoms with Crippen molar-refractivity contribution in [2.75, 3.05) is 17.2 Å². The second kappa shape index (κ2) is 6.46. The van der Waals surface area contributed by atoms with Crippen molar-refractivity contribution in [3.05, 3.63) is 53.6 Å². The van der Waals surface area contributed by atoms with E-state index in [1.165, 1.54) is 18.2 Å². The second-order valence-corrected chi connectivity index (χ2v) is 5.47. The van der Waals surface area contributed by atoms with Crippen LogP contribution in [0, 0.1) is 0 Å². The number of halogens is 3. The minimum atomic E-state index is -4.46. The van der Waals surface area contributed by atoms with E-state index in [9.17, 15) is 22.8 Å². The van der Waals surface area contributed by atoms with Crippen molar-refractivity contribution in [3.63, 3.8) is 0 Å². The highest BCUT2D eigenvalue weighted by molar-refractivity contribution is 5.98. The van der Waals surface area contributed by atoms with Crippen LogP contribution in [-0.4, -0.2) is 18.4 Å². The maximum Gasteiger partial charge on any atom is 0.416 e. The molecular weight excluding hydrogens is 337 g/mol. The zero-order chi connectivity index (χ0) is 18.0. The van der Waals surface area contributed by atoms with Gasteiger partial charge < -0.3 is 15.4 Å². The van der Waals surface area contributed by atoms with E-state index in [2.05, 4.69) is 10.6 Å². The molecule has 0 atom stereocenters. The lowest BCUT2D eigenvalue weighted by Crippen LogP contribution is -2.25. The van der Waals surface area contributed by atoms with Crippen LogP contribution in [0.4, 0.5) is 24.5 Å². The first-order chi connectivity index (χ1) is 11.8. The van der Waals surface area contributed by atoms with Crippen LogP contribution in [0.2, 0.25) is 0 Å². The lowest BCUT2D eigenvalue weighted by molar-refractivity contribution is -0.137. The number of fused-ring (bicyclic) bond motifs is 1. The molecule has 0 unspecified atom stereocenters. The molecule has 1 heterocycles. The Labute approximate surface area is 140 Å². The van der Waals surface area contributed by atoms with Crippen molar-refractivity contribution in [1.29, 1.82) is 0 Å². The van der Waals surface area contributed by atoms with Gasteiger partial charge in [-0.15, -0.1) is 0 Å². The lowest BCUT2D eigenvalue weighted by atomic mass is 10.1. The van der Waals surface area contributed by atoms with E-state index in [4.69, 9.17) is 4.74 Å². The average molecular weight is 350 g/mol. The van der Waals surface area contributed by atoms with Gasteiger partial charge in [0.2, 0.25) is 5.91 Å². The Morgan fingerprint density at radius 2 is 2.00 bits per heavy atom. The summed E-state index contributed by atoms with van der Waals surface area (Å²) in [7, 11) is 0. The highest BCUT2D eigenvalue weighted by Crippen LogP contribution is 2.31. The largest absolute Gasteiger partial charge is 0.482 e. The van der Waals surface area contributed by atoms with Crippen LogP contribution in [0.15, 0.2) is 42.5 Å². The predicted octanol–water partition coefficient (Wildman–Crippen LogP) is 3.22. The van der Waals surface area contributed by atoms with E-state index < -0.39 is 17.6 Å². The van der Waals surface area contributed by atoms with Crippen LogP contribution in [-0.2, 0) is 22.2 Å². The molecule has 2 amide bonds. The number of ether oxygens (including phenoxy) is 1. The first-order valence-corrected chi connectivity index (χ1v) is 7.34. The number of benzene rings is 2. The van der Waals surface area contributed by atoms with Crippen molar-refractivity contribution in [2.45, 2.75) is 12.6 Å². The van der Waals surface area contributed by atoms with Gasteiger partial charge >= 0.3 is 6.18 Å². The molecule has 8 heteroatoms. The molecule has 0 aliphatic carbocycles. The molecule has 0 saturated carbocycles. The van der Waals surface area contributed by atoms with Crippen LogP contribution in [0.1, 0.15) is 11.1 Å². The van der Waals surface area contributed by atoms with Gasteiger partial charge in [-0.05, 0) is 29.8 Å². The minimum Gasteiger partial charge on any atom is -0.482 e. The second-order valence-electron chi connectivity index (χ2n) is 5.47. The number of carbonyl (C=O) groups excluding carboxylic acids is 2. The maximum atomic E-state index is 12.7. The van der Waals surface area contributed by atoms with Gasteiger partial charge in [-0.2, -0.15) is 13.2 Å². The quantitative estimate of drug-likeness (QED) is 0.893. The molecule has 5 nitrogen and oxygen atoms in total. The van der Waals surface area contributed by atoms with Gasteiger partial charge in [0.15, 0.2) is 6.61 Å². The van der Waals surface area contributed by atoms with Gasteiger partial charge in [0.25, 0.3) is 5.91 Å². The number of alkyl halides is 3. The molecular formula is C17H13F3N2O3. The van der Waals surface area contributed by atoms with Gasteiger partial charge in [-0.1, -0.05) is 18.2 Å². The highest BCUT2D eigenvalue weighted by atomic mass is 19.4. The first-order valence-electron chi connectivity index (χ1n) is 7.34. The smallest absolute Gasteiger partial charge is 0.416 e. The SMILES string of the molecule is O=C(Cc1cccc(C(F)(F)F)c1)Nc1ccc2c(c1)NC(=O)CO2. The molecule has 1 aliphatic rings. The predicted molar refractivity (Wildman–Crippen MR) is 84.3 cm³/mol. The Morgan fingerprint density at radius 1 is 1.20 bits per heavy atom. The molecule has 2 N–H and O–H groups in total. The molecule has 0 bridgehead atoms. The van der Waals surface area contributed by atoms with Gasteiger partial charge in [0.1, 0.15) is 5.75 Å². The van der Waals surface area contributed by atoms with Gasteiger partial charge in [0.05, 0.1) is 17.7 Å². The Balaban J connectivity index is 1.69. The molecule has 1 aliphatic heterocycles. The molecule has 0 spiro atoms. The molecule has 0 radical (unpaired) electrons. The number of nitrogens with one attached hydrogen (secondary N) is 2. The number of hydrogen-bond acceptors (Lipinski definition) is 3. The van der Waals surface area contributed by atoms with Crippen LogP contribution < -0.4 is 15.4 Å². The van der Waals surface area contributed by atoms with Gasteiger partial charge in [-0.25, -0.2) is 0 Å².